The summed E-state index contributed by atoms with van der Waals surface area (Å²) < 4.78 is 27.8. The second kappa shape index (κ2) is 9.10. The summed E-state index contributed by atoms with van der Waals surface area (Å²) in [6.07, 6.45) is 1.29. The standard InChI is InChI=1S/C15H24N2O4S.ClH/c1-10(2)21-14-6-5-12(9-11(14)3)17-15(18)13(16)7-8-22(4,19)20;/h5-6,9-10,13H,7-8,16H2,1-4H3,(H,17,18);1H. The Labute approximate surface area is 144 Å². The van der Waals surface area contributed by atoms with Crippen molar-refractivity contribution in [2.45, 2.75) is 39.3 Å². The number of hydrogen-bond donors (Lipinski definition) is 2. The number of anilines is 1. The van der Waals surface area contributed by atoms with E-state index in [1.807, 2.05) is 20.8 Å². The number of amides is 1. The van der Waals surface area contributed by atoms with Crippen molar-refractivity contribution >= 4 is 33.8 Å². The summed E-state index contributed by atoms with van der Waals surface area (Å²) in [5, 5.41) is 2.68. The van der Waals surface area contributed by atoms with Crippen LogP contribution in [0.1, 0.15) is 25.8 Å². The fraction of sp³-hybridized carbons (Fsp3) is 0.533. The quantitative estimate of drug-likeness (QED) is 0.769. The number of nitrogens with two attached hydrogens (primary N) is 1. The normalized spacial score (nSPS) is 12.4. The van der Waals surface area contributed by atoms with Gasteiger partial charge in [0.15, 0.2) is 0 Å². The maximum atomic E-state index is 11.9. The average molecular weight is 365 g/mol. The van der Waals surface area contributed by atoms with Crippen LogP contribution in [0.3, 0.4) is 0 Å². The summed E-state index contributed by atoms with van der Waals surface area (Å²) in [4.78, 5) is 11.9. The van der Waals surface area contributed by atoms with Crippen LogP contribution < -0.4 is 15.8 Å². The molecule has 0 aliphatic carbocycles. The van der Waals surface area contributed by atoms with E-state index >= 15 is 0 Å². The molecule has 1 unspecified atom stereocenters. The first-order valence-corrected chi connectivity index (χ1v) is 9.16. The molecule has 6 nitrogen and oxygen atoms in total. The Morgan fingerprint density at radius 2 is 1.96 bits per heavy atom. The lowest BCUT2D eigenvalue weighted by molar-refractivity contribution is -0.117. The van der Waals surface area contributed by atoms with E-state index in [0.717, 1.165) is 17.6 Å². The van der Waals surface area contributed by atoms with Crippen LogP contribution in [-0.4, -0.2) is 38.5 Å². The molecule has 8 heteroatoms. The lowest BCUT2D eigenvalue weighted by atomic mass is 10.1. The van der Waals surface area contributed by atoms with Crippen molar-refractivity contribution in [3.05, 3.63) is 23.8 Å². The Hall–Kier alpha value is -1.31. The second-order valence-corrected chi connectivity index (χ2v) is 7.92. The Bertz CT molecular complexity index is 632. The van der Waals surface area contributed by atoms with Crippen LogP contribution >= 0.6 is 12.4 Å². The molecule has 1 aromatic rings. The first-order valence-electron chi connectivity index (χ1n) is 7.10. The van der Waals surface area contributed by atoms with Gasteiger partial charge < -0.3 is 15.8 Å². The van der Waals surface area contributed by atoms with Crippen molar-refractivity contribution in [2.75, 3.05) is 17.3 Å². The molecule has 0 heterocycles. The predicted octanol–water partition coefficient (Wildman–Crippen LogP) is 1.90. The molecule has 1 aromatic carbocycles. The van der Waals surface area contributed by atoms with Gasteiger partial charge in [0, 0.05) is 11.9 Å². The van der Waals surface area contributed by atoms with E-state index in [4.69, 9.17) is 10.5 Å². The van der Waals surface area contributed by atoms with Crippen LogP contribution in [0.5, 0.6) is 5.75 Å². The highest BCUT2D eigenvalue weighted by molar-refractivity contribution is 7.90. The minimum absolute atomic E-state index is 0. The molecule has 23 heavy (non-hydrogen) atoms. The summed E-state index contributed by atoms with van der Waals surface area (Å²) in [6.45, 7) is 5.77. The highest BCUT2D eigenvalue weighted by Crippen LogP contribution is 2.23. The molecule has 0 aromatic heterocycles. The summed E-state index contributed by atoms with van der Waals surface area (Å²) in [5.41, 5.74) is 7.21. The fourth-order valence-corrected chi connectivity index (χ4v) is 2.50. The highest BCUT2D eigenvalue weighted by atomic mass is 35.5. The zero-order chi connectivity index (χ0) is 16.9. The van der Waals surface area contributed by atoms with Gasteiger partial charge in [-0.3, -0.25) is 4.79 Å². The lowest BCUT2D eigenvalue weighted by Gasteiger charge is -2.15. The topological polar surface area (TPSA) is 98.5 Å². The molecule has 1 amide bonds. The van der Waals surface area contributed by atoms with Gasteiger partial charge in [0.2, 0.25) is 5.91 Å². The number of carbonyl (C=O) groups is 1. The molecule has 0 bridgehead atoms. The number of carbonyl (C=O) groups excluding carboxylic acids is 1. The molecule has 0 saturated carbocycles. The molecule has 0 spiro atoms. The van der Waals surface area contributed by atoms with Crippen LogP contribution in [-0.2, 0) is 14.6 Å². The van der Waals surface area contributed by atoms with Crippen molar-refractivity contribution in [3.63, 3.8) is 0 Å². The Morgan fingerprint density at radius 3 is 2.43 bits per heavy atom. The number of hydrogen-bond acceptors (Lipinski definition) is 5. The van der Waals surface area contributed by atoms with Crippen LogP contribution in [0, 0.1) is 6.92 Å². The van der Waals surface area contributed by atoms with E-state index in [1.165, 1.54) is 0 Å². The maximum Gasteiger partial charge on any atom is 0.241 e. The van der Waals surface area contributed by atoms with Crippen molar-refractivity contribution in [1.29, 1.82) is 0 Å². The summed E-state index contributed by atoms with van der Waals surface area (Å²) in [6, 6.07) is 4.44. The number of halogens is 1. The van der Waals surface area contributed by atoms with Gasteiger partial charge in [-0.15, -0.1) is 12.4 Å². The van der Waals surface area contributed by atoms with E-state index in [9.17, 15) is 13.2 Å². The van der Waals surface area contributed by atoms with Gasteiger partial charge >= 0.3 is 0 Å². The van der Waals surface area contributed by atoms with Crippen LogP contribution in [0.4, 0.5) is 5.69 Å². The number of sulfone groups is 1. The van der Waals surface area contributed by atoms with Crippen molar-refractivity contribution < 1.29 is 17.9 Å². The molecule has 0 aliphatic heterocycles. The first kappa shape index (κ1) is 21.7. The van der Waals surface area contributed by atoms with Crippen molar-refractivity contribution in [3.8, 4) is 5.75 Å². The molecule has 132 valence electrons. The van der Waals surface area contributed by atoms with Gasteiger partial charge in [-0.25, -0.2) is 8.42 Å². The van der Waals surface area contributed by atoms with Gasteiger partial charge in [-0.1, -0.05) is 0 Å². The van der Waals surface area contributed by atoms with E-state index in [0.29, 0.717) is 5.69 Å². The zero-order valence-corrected chi connectivity index (χ0v) is 15.5. The number of benzene rings is 1. The van der Waals surface area contributed by atoms with Crippen molar-refractivity contribution in [2.24, 2.45) is 5.73 Å². The smallest absolute Gasteiger partial charge is 0.241 e. The Balaban J connectivity index is 0.00000484. The monoisotopic (exact) mass is 364 g/mol. The molecule has 0 fully saturated rings. The van der Waals surface area contributed by atoms with Crippen LogP contribution in [0.15, 0.2) is 18.2 Å². The minimum atomic E-state index is -3.13. The van der Waals surface area contributed by atoms with Crippen LogP contribution in [0.25, 0.3) is 0 Å². The molecule has 0 radical (unpaired) electrons. The molecule has 0 aliphatic rings. The van der Waals surface area contributed by atoms with Gasteiger partial charge in [-0.2, -0.15) is 0 Å². The fourth-order valence-electron chi connectivity index (χ4n) is 1.82. The molecule has 1 atom stereocenters. The largest absolute Gasteiger partial charge is 0.491 e. The van der Waals surface area contributed by atoms with E-state index in [-0.39, 0.29) is 30.7 Å². The highest BCUT2D eigenvalue weighted by Gasteiger charge is 2.16. The SMILES string of the molecule is Cc1cc(NC(=O)C(N)CCS(C)(=O)=O)ccc1OC(C)C.Cl. The maximum absolute atomic E-state index is 11.9. The Morgan fingerprint density at radius 1 is 1.35 bits per heavy atom. The van der Waals surface area contributed by atoms with Gasteiger partial charge in [0.05, 0.1) is 17.9 Å². The van der Waals surface area contributed by atoms with Crippen molar-refractivity contribution in [1.82, 2.24) is 0 Å². The molecular formula is C15H25ClN2O4S. The minimum Gasteiger partial charge on any atom is -0.491 e. The zero-order valence-electron chi connectivity index (χ0n) is 13.8. The van der Waals surface area contributed by atoms with E-state index < -0.39 is 21.8 Å². The third kappa shape index (κ3) is 8.20. The summed E-state index contributed by atoms with van der Waals surface area (Å²) in [7, 11) is -3.13. The molecule has 1 rings (SSSR count). The average Bonchev–Trinajstić information content (AvgIpc) is 2.37. The van der Waals surface area contributed by atoms with E-state index in [2.05, 4.69) is 5.32 Å². The van der Waals surface area contributed by atoms with Crippen LogP contribution in [0.2, 0.25) is 0 Å². The third-order valence-corrected chi connectivity index (χ3v) is 3.92. The van der Waals surface area contributed by atoms with Gasteiger partial charge in [0.1, 0.15) is 15.6 Å². The number of aryl methyl sites for hydroxylation is 1. The molecule has 3 N–H and O–H groups in total. The molecule has 0 saturated heterocycles. The number of nitrogens with one attached hydrogen (secondary N) is 1. The summed E-state index contributed by atoms with van der Waals surface area (Å²) in [5.74, 6) is 0.247. The second-order valence-electron chi connectivity index (χ2n) is 5.66. The third-order valence-electron chi connectivity index (χ3n) is 2.94. The Kier molecular flexibility index (Phi) is 8.58. The van der Waals surface area contributed by atoms with E-state index in [1.54, 1.807) is 18.2 Å². The predicted molar refractivity (Wildman–Crippen MR) is 95.1 cm³/mol. The van der Waals surface area contributed by atoms with Gasteiger partial charge in [0.25, 0.3) is 0 Å². The molecular weight excluding hydrogens is 340 g/mol. The number of ether oxygens (including phenoxy) is 1. The lowest BCUT2D eigenvalue weighted by Crippen LogP contribution is -2.37. The van der Waals surface area contributed by atoms with Gasteiger partial charge in [-0.05, 0) is 51.0 Å². The summed E-state index contributed by atoms with van der Waals surface area (Å²) >= 11 is 0. The first-order chi connectivity index (χ1) is 10.1. The number of rotatable bonds is 7.